The Morgan fingerprint density at radius 2 is 2.00 bits per heavy atom. The quantitative estimate of drug-likeness (QED) is 0.458. The number of rotatable bonds is 6. The molecule has 19 heavy (non-hydrogen) atoms. The Hall–Kier alpha value is -2.70. The molecule has 0 radical (unpaired) electrons. The Morgan fingerprint density at radius 3 is 2.42 bits per heavy atom. The predicted molar refractivity (Wildman–Crippen MR) is 66.8 cm³/mol. The second-order valence-electron chi connectivity index (χ2n) is 3.69. The number of hydrogen-bond acceptors (Lipinski definition) is 4. The molecule has 0 aliphatic heterocycles. The molecule has 1 atom stereocenters. The average molecular weight is 264 g/mol. The van der Waals surface area contributed by atoms with Gasteiger partial charge in [0.1, 0.15) is 6.04 Å². The number of carbonyl (C=O) groups is 2. The molecule has 1 aromatic rings. The summed E-state index contributed by atoms with van der Waals surface area (Å²) in [7, 11) is 0. The third-order valence-electron chi connectivity index (χ3n) is 2.35. The van der Waals surface area contributed by atoms with Crippen LogP contribution < -0.4 is 5.32 Å². The highest BCUT2D eigenvalue weighted by molar-refractivity contribution is 5.96. The number of amides is 1. The van der Waals surface area contributed by atoms with Crippen LogP contribution in [0.3, 0.4) is 0 Å². The zero-order chi connectivity index (χ0) is 14.4. The van der Waals surface area contributed by atoms with E-state index in [1.807, 2.05) is 0 Å². The van der Waals surface area contributed by atoms with Gasteiger partial charge in [0, 0.05) is 17.7 Å². The SMILES string of the molecule is C=CCC(NC(=O)c1ccc([N+](=O)[O-])cc1)C(=O)O. The monoisotopic (exact) mass is 264 g/mol. The molecule has 100 valence electrons. The number of aliphatic carboxylic acids is 1. The van der Waals surface area contributed by atoms with Crippen LogP contribution in [-0.2, 0) is 4.79 Å². The van der Waals surface area contributed by atoms with E-state index in [9.17, 15) is 19.7 Å². The van der Waals surface area contributed by atoms with Crippen LogP contribution in [0.5, 0.6) is 0 Å². The maximum atomic E-state index is 11.7. The van der Waals surface area contributed by atoms with Crippen molar-refractivity contribution in [1.29, 1.82) is 0 Å². The highest BCUT2D eigenvalue weighted by Gasteiger charge is 2.19. The van der Waals surface area contributed by atoms with Crippen LogP contribution in [-0.4, -0.2) is 27.9 Å². The molecule has 0 saturated carbocycles. The molecule has 0 bridgehead atoms. The minimum absolute atomic E-state index is 0.0913. The number of carbonyl (C=O) groups excluding carboxylic acids is 1. The summed E-state index contributed by atoms with van der Waals surface area (Å²) in [5.41, 5.74) is 0.0124. The van der Waals surface area contributed by atoms with E-state index in [0.717, 1.165) is 0 Å². The first-order valence-corrected chi connectivity index (χ1v) is 5.34. The van der Waals surface area contributed by atoms with Crippen molar-refractivity contribution < 1.29 is 19.6 Å². The number of carboxylic acid groups (broad SMARTS) is 1. The predicted octanol–water partition coefficient (Wildman–Crippen LogP) is 1.35. The standard InChI is InChI=1S/C12H12N2O5/c1-2-3-10(12(16)17)13-11(15)8-4-6-9(7-5-8)14(18)19/h2,4-7,10H,1,3H2,(H,13,15)(H,16,17). The first kappa shape index (κ1) is 14.4. The van der Waals surface area contributed by atoms with Crippen molar-refractivity contribution in [2.24, 2.45) is 0 Å². The number of hydrogen-bond donors (Lipinski definition) is 2. The Morgan fingerprint density at radius 1 is 1.42 bits per heavy atom. The lowest BCUT2D eigenvalue weighted by molar-refractivity contribution is -0.384. The number of nitrogens with one attached hydrogen (secondary N) is 1. The lowest BCUT2D eigenvalue weighted by Gasteiger charge is -2.12. The molecule has 7 nitrogen and oxygen atoms in total. The van der Waals surface area contributed by atoms with Gasteiger partial charge in [0.2, 0.25) is 0 Å². The zero-order valence-electron chi connectivity index (χ0n) is 9.91. The van der Waals surface area contributed by atoms with Gasteiger partial charge in [0.25, 0.3) is 11.6 Å². The van der Waals surface area contributed by atoms with Crippen LogP contribution in [0.2, 0.25) is 0 Å². The van der Waals surface area contributed by atoms with Crippen molar-refractivity contribution >= 4 is 17.6 Å². The molecule has 0 heterocycles. The van der Waals surface area contributed by atoms with Crippen LogP contribution >= 0.6 is 0 Å². The van der Waals surface area contributed by atoms with E-state index in [-0.39, 0.29) is 17.7 Å². The van der Waals surface area contributed by atoms with E-state index in [1.54, 1.807) is 0 Å². The normalized spacial score (nSPS) is 11.4. The minimum atomic E-state index is -1.17. The van der Waals surface area contributed by atoms with Crippen molar-refractivity contribution in [2.75, 3.05) is 0 Å². The van der Waals surface area contributed by atoms with Crippen LogP contribution in [0.15, 0.2) is 36.9 Å². The molecule has 0 spiro atoms. The van der Waals surface area contributed by atoms with Crippen molar-refractivity contribution in [3.63, 3.8) is 0 Å². The Kier molecular flexibility index (Phi) is 4.76. The van der Waals surface area contributed by atoms with E-state index >= 15 is 0 Å². The van der Waals surface area contributed by atoms with E-state index in [4.69, 9.17) is 5.11 Å². The third-order valence-corrected chi connectivity index (χ3v) is 2.35. The van der Waals surface area contributed by atoms with E-state index in [1.165, 1.54) is 30.3 Å². The van der Waals surface area contributed by atoms with Gasteiger partial charge < -0.3 is 10.4 Å². The number of non-ortho nitro benzene ring substituents is 1. The summed E-state index contributed by atoms with van der Waals surface area (Å²) in [5, 5.41) is 21.6. The first-order valence-electron chi connectivity index (χ1n) is 5.34. The van der Waals surface area contributed by atoms with Gasteiger partial charge in [-0.15, -0.1) is 6.58 Å². The van der Waals surface area contributed by atoms with Gasteiger partial charge in [-0.05, 0) is 18.6 Å². The van der Waals surface area contributed by atoms with Crippen LogP contribution in [0.4, 0.5) is 5.69 Å². The van der Waals surface area contributed by atoms with Crippen LogP contribution in [0, 0.1) is 10.1 Å². The van der Waals surface area contributed by atoms with Gasteiger partial charge in [0.15, 0.2) is 0 Å². The summed E-state index contributed by atoms with van der Waals surface area (Å²) in [5.74, 6) is -1.78. The molecule has 2 N–H and O–H groups in total. The van der Waals surface area contributed by atoms with Crippen LogP contribution in [0.25, 0.3) is 0 Å². The molecule has 0 aliphatic carbocycles. The summed E-state index contributed by atoms with van der Waals surface area (Å²) in [6, 6.07) is 3.82. The maximum absolute atomic E-state index is 11.7. The number of nitrogens with zero attached hydrogens (tertiary/aromatic N) is 1. The maximum Gasteiger partial charge on any atom is 0.326 e. The highest BCUT2D eigenvalue weighted by atomic mass is 16.6. The summed E-state index contributed by atoms with van der Waals surface area (Å²) < 4.78 is 0. The molecule has 1 unspecified atom stereocenters. The fourth-order valence-corrected chi connectivity index (χ4v) is 1.36. The van der Waals surface area contributed by atoms with E-state index in [2.05, 4.69) is 11.9 Å². The summed E-state index contributed by atoms with van der Waals surface area (Å²) >= 11 is 0. The Labute approximate surface area is 108 Å². The Bertz CT molecular complexity index is 509. The van der Waals surface area contributed by atoms with Crippen molar-refractivity contribution in [2.45, 2.75) is 12.5 Å². The van der Waals surface area contributed by atoms with Crippen LogP contribution in [0.1, 0.15) is 16.8 Å². The number of benzene rings is 1. The van der Waals surface area contributed by atoms with Gasteiger partial charge in [0.05, 0.1) is 4.92 Å². The molecular formula is C12H12N2O5. The number of nitro groups is 1. The molecule has 0 saturated heterocycles. The second-order valence-corrected chi connectivity index (χ2v) is 3.69. The molecule has 7 heteroatoms. The number of nitro benzene ring substituents is 1. The first-order chi connectivity index (χ1) is 8.95. The number of carboxylic acids is 1. The third kappa shape index (κ3) is 3.91. The van der Waals surface area contributed by atoms with Crippen molar-refractivity contribution in [3.8, 4) is 0 Å². The van der Waals surface area contributed by atoms with Gasteiger partial charge in [-0.2, -0.15) is 0 Å². The molecule has 0 fully saturated rings. The average Bonchev–Trinajstić information content (AvgIpc) is 2.38. The fourth-order valence-electron chi connectivity index (χ4n) is 1.36. The van der Waals surface area contributed by atoms with Gasteiger partial charge >= 0.3 is 5.97 Å². The minimum Gasteiger partial charge on any atom is -0.480 e. The molecule has 0 aliphatic rings. The van der Waals surface area contributed by atoms with Gasteiger partial charge in [-0.3, -0.25) is 14.9 Å². The summed E-state index contributed by atoms with van der Waals surface area (Å²) in [6.07, 6.45) is 1.48. The highest BCUT2D eigenvalue weighted by Crippen LogP contribution is 2.12. The van der Waals surface area contributed by atoms with Crippen molar-refractivity contribution in [1.82, 2.24) is 5.32 Å². The van der Waals surface area contributed by atoms with Crippen molar-refractivity contribution in [3.05, 3.63) is 52.6 Å². The topological polar surface area (TPSA) is 110 Å². The molecule has 0 aromatic heterocycles. The lowest BCUT2D eigenvalue weighted by atomic mass is 10.1. The smallest absolute Gasteiger partial charge is 0.326 e. The Balaban J connectivity index is 2.79. The molecule has 1 rings (SSSR count). The second kappa shape index (κ2) is 6.29. The summed E-state index contributed by atoms with van der Waals surface area (Å²) in [4.78, 5) is 32.5. The fraction of sp³-hybridized carbons (Fsp3) is 0.167. The zero-order valence-corrected chi connectivity index (χ0v) is 9.91. The van der Waals surface area contributed by atoms with Gasteiger partial charge in [-0.25, -0.2) is 4.79 Å². The lowest BCUT2D eigenvalue weighted by Crippen LogP contribution is -2.40. The summed E-state index contributed by atoms with van der Waals surface area (Å²) in [6.45, 7) is 3.40. The molecular weight excluding hydrogens is 252 g/mol. The largest absolute Gasteiger partial charge is 0.480 e. The van der Waals surface area contributed by atoms with E-state index in [0.29, 0.717) is 0 Å². The van der Waals surface area contributed by atoms with E-state index < -0.39 is 22.8 Å². The molecule has 1 amide bonds. The van der Waals surface area contributed by atoms with Gasteiger partial charge in [-0.1, -0.05) is 6.08 Å². The molecule has 1 aromatic carbocycles.